The van der Waals surface area contributed by atoms with E-state index >= 15 is 0 Å². The van der Waals surface area contributed by atoms with Gasteiger partial charge in [0.1, 0.15) is 11.9 Å². The predicted molar refractivity (Wildman–Crippen MR) is 125 cm³/mol. The summed E-state index contributed by atoms with van der Waals surface area (Å²) in [5, 5.41) is 7.65. The summed E-state index contributed by atoms with van der Waals surface area (Å²) in [6.45, 7) is 11.8. The van der Waals surface area contributed by atoms with Crippen LogP contribution in [0.4, 0.5) is 16.6 Å². The van der Waals surface area contributed by atoms with Crippen LogP contribution in [0.3, 0.4) is 0 Å². The monoisotopic (exact) mass is 457 g/mol. The molecule has 0 radical (unpaired) electrons. The van der Waals surface area contributed by atoms with Crippen molar-refractivity contribution in [2.24, 2.45) is 0 Å². The Morgan fingerprint density at radius 3 is 2.79 bits per heavy atom. The van der Waals surface area contributed by atoms with Gasteiger partial charge in [0.2, 0.25) is 5.95 Å². The van der Waals surface area contributed by atoms with Crippen LogP contribution in [0.15, 0.2) is 12.3 Å². The van der Waals surface area contributed by atoms with Gasteiger partial charge in [-0.1, -0.05) is 0 Å². The number of fused-ring (bicyclic) bond motifs is 1. The third kappa shape index (κ3) is 6.74. The molecule has 0 fully saturated rings. The van der Waals surface area contributed by atoms with Crippen LogP contribution < -0.4 is 5.32 Å². The minimum absolute atomic E-state index is 0.193. The fourth-order valence-corrected chi connectivity index (χ4v) is 3.46. The van der Waals surface area contributed by atoms with E-state index < -0.39 is 5.60 Å². The van der Waals surface area contributed by atoms with E-state index in [2.05, 4.69) is 46.2 Å². The first-order valence-corrected chi connectivity index (χ1v) is 11.4. The van der Waals surface area contributed by atoms with Crippen LogP contribution >= 0.6 is 0 Å². The molecule has 0 atom stereocenters. The fraction of sp³-hybridized carbons (Fsp3) is 0.609. The van der Waals surface area contributed by atoms with Gasteiger partial charge in [-0.25, -0.2) is 14.8 Å². The molecule has 2 aromatic heterocycles. The molecule has 0 bridgehead atoms. The first kappa shape index (κ1) is 24.6. The van der Waals surface area contributed by atoms with Crippen molar-refractivity contribution >= 4 is 24.1 Å². The van der Waals surface area contributed by atoms with Gasteiger partial charge < -0.3 is 24.6 Å². The maximum Gasteiger partial charge on any atom is 0.410 e. The average Bonchev–Trinajstić information content (AvgIpc) is 3.11. The quantitative estimate of drug-likeness (QED) is 0.603. The van der Waals surface area contributed by atoms with E-state index in [0.717, 1.165) is 36.2 Å². The van der Waals surface area contributed by atoms with Crippen molar-refractivity contribution in [3.8, 4) is 0 Å². The third-order valence-electron chi connectivity index (χ3n) is 5.55. The number of amides is 1. The van der Waals surface area contributed by atoms with Crippen LogP contribution in [-0.4, -0.2) is 73.7 Å². The van der Waals surface area contributed by atoms with Crippen LogP contribution in [0.25, 0.3) is 0 Å². The number of nitrogens with zero attached hydrogens (tertiary/aromatic N) is 6. The average molecular weight is 458 g/mol. The predicted octanol–water partition coefficient (Wildman–Crippen LogP) is 2.79. The molecule has 0 aromatic carbocycles. The van der Waals surface area contributed by atoms with Crippen molar-refractivity contribution in [2.75, 3.05) is 25.5 Å². The van der Waals surface area contributed by atoms with Gasteiger partial charge >= 0.3 is 6.09 Å². The van der Waals surface area contributed by atoms with Gasteiger partial charge in [0.15, 0.2) is 5.82 Å². The molecule has 3 heterocycles. The Labute approximate surface area is 195 Å². The second-order valence-electron chi connectivity index (χ2n) is 9.64. The van der Waals surface area contributed by atoms with Crippen LogP contribution in [-0.2, 0) is 35.5 Å². The minimum atomic E-state index is -0.544. The Hall–Kier alpha value is -3.01. The normalized spacial score (nSPS) is 13.9. The zero-order chi connectivity index (χ0) is 24.2. The van der Waals surface area contributed by atoms with Crippen molar-refractivity contribution in [3.63, 3.8) is 0 Å². The van der Waals surface area contributed by atoms with E-state index in [0.29, 0.717) is 37.3 Å². The van der Waals surface area contributed by atoms with Crippen molar-refractivity contribution in [3.05, 3.63) is 29.2 Å². The Balaban J connectivity index is 1.72. The zero-order valence-corrected chi connectivity index (χ0v) is 20.5. The van der Waals surface area contributed by atoms with Crippen molar-refractivity contribution in [1.29, 1.82) is 0 Å². The number of aldehydes is 1. The van der Waals surface area contributed by atoms with Gasteiger partial charge in [0.05, 0.1) is 18.8 Å². The van der Waals surface area contributed by atoms with Gasteiger partial charge in [-0.3, -0.25) is 4.68 Å². The number of rotatable bonds is 8. The first-order valence-electron chi connectivity index (χ1n) is 11.4. The minimum Gasteiger partial charge on any atom is -0.444 e. The Kier molecular flexibility index (Phi) is 7.68. The second-order valence-corrected chi connectivity index (χ2v) is 9.64. The Morgan fingerprint density at radius 2 is 2.12 bits per heavy atom. The lowest BCUT2D eigenvalue weighted by Gasteiger charge is -2.30. The van der Waals surface area contributed by atoms with Crippen molar-refractivity contribution in [2.45, 2.75) is 72.2 Å². The van der Waals surface area contributed by atoms with Gasteiger partial charge in [0, 0.05) is 43.5 Å². The first-order chi connectivity index (χ1) is 15.6. The van der Waals surface area contributed by atoms with E-state index in [1.165, 1.54) is 0 Å². The van der Waals surface area contributed by atoms with Crippen LogP contribution in [0, 0.1) is 0 Å². The molecule has 33 heavy (non-hydrogen) atoms. The van der Waals surface area contributed by atoms with Crippen LogP contribution in [0.1, 0.15) is 51.6 Å². The highest BCUT2D eigenvalue weighted by Gasteiger charge is 2.27. The highest BCUT2D eigenvalue weighted by Crippen LogP contribution is 2.22. The largest absolute Gasteiger partial charge is 0.444 e. The topological polar surface area (TPSA) is 105 Å². The number of ether oxygens (including phenoxy) is 1. The molecule has 1 aliphatic heterocycles. The molecule has 180 valence electrons. The van der Waals surface area contributed by atoms with Gasteiger partial charge in [-0.05, 0) is 53.7 Å². The van der Waals surface area contributed by atoms with Gasteiger partial charge in [-0.2, -0.15) is 5.10 Å². The number of anilines is 2. The summed E-state index contributed by atoms with van der Waals surface area (Å²) in [5.74, 6) is 0.986. The maximum absolute atomic E-state index is 12.5. The lowest BCUT2D eigenvalue weighted by molar-refractivity contribution is -0.108. The summed E-state index contributed by atoms with van der Waals surface area (Å²) in [6.07, 6.45) is 3.74. The molecule has 1 amide bonds. The second kappa shape index (κ2) is 10.3. The SMILES string of the molecule is CC(C)N(C)CCc1cc(Nc2ncc3c(n2)CN(C(=O)OC(C)(C)C)CC3)nn1CC=O. The molecule has 0 unspecified atom stereocenters. The summed E-state index contributed by atoms with van der Waals surface area (Å²) in [4.78, 5) is 36.5. The van der Waals surface area contributed by atoms with Crippen LogP contribution in [0.2, 0.25) is 0 Å². The molecule has 2 aromatic rings. The Morgan fingerprint density at radius 1 is 1.36 bits per heavy atom. The number of carbonyl (C=O) groups is 2. The molecule has 10 heteroatoms. The standard InChI is InChI=1S/C23H35N7O3/c1-16(2)28(6)9-8-18-13-20(27-30(18)11-12-31)26-21-24-14-17-7-10-29(15-19(17)25-21)22(32)33-23(3,4)5/h12-14,16H,7-11,15H2,1-6H3,(H,24,25,26,27). The molecule has 10 nitrogen and oxygen atoms in total. The number of aromatic nitrogens is 4. The molecule has 0 spiro atoms. The summed E-state index contributed by atoms with van der Waals surface area (Å²) >= 11 is 0. The molecule has 0 saturated heterocycles. The number of hydrogen-bond donors (Lipinski definition) is 1. The molecular formula is C23H35N7O3. The van der Waals surface area contributed by atoms with Gasteiger partial charge in [-0.15, -0.1) is 0 Å². The van der Waals surface area contributed by atoms with E-state index in [1.54, 1.807) is 15.8 Å². The highest BCUT2D eigenvalue weighted by atomic mass is 16.6. The maximum atomic E-state index is 12.5. The molecule has 1 aliphatic rings. The summed E-state index contributed by atoms with van der Waals surface area (Å²) in [5.41, 5.74) is 2.23. The van der Waals surface area contributed by atoms with Crippen molar-refractivity contribution in [1.82, 2.24) is 29.5 Å². The van der Waals surface area contributed by atoms with E-state index in [9.17, 15) is 9.59 Å². The molecular weight excluding hydrogens is 422 g/mol. The van der Waals surface area contributed by atoms with E-state index in [1.807, 2.05) is 26.8 Å². The highest BCUT2D eigenvalue weighted by molar-refractivity contribution is 5.68. The smallest absolute Gasteiger partial charge is 0.410 e. The fourth-order valence-electron chi connectivity index (χ4n) is 3.46. The molecule has 1 N–H and O–H groups in total. The van der Waals surface area contributed by atoms with Crippen molar-refractivity contribution < 1.29 is 14.3 Å². The summed E-state index contributed by atoms with van der Waals surface area (Å²) in [7, 11) is 2.08. The number of carbonyl (C=O) groups excluding carboxylic acids is 2. The molecule has 0 aliphatic carbocycles. The Bertz CT molecular complexity index is 981. The lowest BCUT2D eigenvalue weighted by atomic mass is 10.1. The molecule has 0 saturated carbocycles. The lowest BCUT2D eigenvalue weighted by Crippen LogP contribution is -2.40. The number of nitrogens with one attached hydrogen (secondary N) is 1. The summed E-state index contributed by atoms with van der Waals surface area (Å²) < 4.78 is 7.20. The van der Waals surface area contributed by atoms with E-state index in [-0.39, 0.29) is 12.6 Å². The number of likely N-dealkylation sites (N-methyl/N-ethyl adjacent to an activating group) is 1. The molecule has 3 rings (SSSR count). The zero-order valence-electron chi connectivity index (χ0n) is 20.5. The summed E-state index contributed by atoms with van der Waals surface area (Å²) in [6, 6.07) is 2.36. The number of hydrogen-bond acceptors (Lipinski definition) is 8. The third-order valence-corrected chi connectivity index (χ3v) is 5.55. The van der Waals surface area contributed by atoms with Crippen LogP contribution in [0.5, 0.6) is 0 Å². The van der Waals surface area contributed by atoms with Gasteiger partial charge in [0.25, 0.3) is 0 Å². The van der Waals surface area contributed by atoms with E-state index in [4.69, 9.17) is 4.74 Å².